The summed E-state index contributed by atoms with van der Waals surface area (Å²) in [7, 11) is -2.68. The molecule has 0 spiro atoms. The summed E-state index contributed by atoms with van der Waals surface area (Å²) in [4.78, 5) is 0. The average molecular weight is 922 g/mol. The summed E-state index contributed by atoms with van der Waals surface area (Å²) >= 11 is 0. The second kappa shape index (κ2) is 15.4. The Morgan fingerprint density at radius 1 is 0.225 bits per heavy atom. The van der Waals surface area contributed by atoms with Gasteiger partial charge in [0, 0.05) is 66.2 Å². The van der Waals surface area contributed by atoms with Crippen LogP contribution in [0, 0.1) is 0 Å². The first-order valence-electron chi connectivity index (χ1n) is 24.4. The number of benzene rings is 11. The van der Waals surface area contributed by atoms with Gasteiger partial charge in [-0.2, -0.15) is 0 Å². The molecule has 0 saturated heterocycles. The Morgan fingerprint density at radius 2 is 0.592 bits per heavy atom. The number of hydrogen-bond donors (Lipinski definition) is 0. The molecule has 0 saturated carbocycles. The van der Waals surface area contributed by atoms with Crippen LogP contribution in [0.5, 0.6) is 0 Å². The fourth-order valence-electron chi connectivity index (χ4n) is 12.1. The van der Waals surface area contributed by atoms with E-state index < -0.39 is 8.07 Å². The maximum atomic E-state index is 6.46. The van der Waals surface area contributed by atoms with Gasteiger partial charge < -0.3 is 18.1 Å². The van der Waals surface area contributed by atoms with Gasteiger partial charge in [-0.25, -0.2) is 0 Å². The van der Waals surface area contributed by atoms with E-state index in [0.717, 1.165) is 50.0 Å². The van der Waals surface area contributed by atoms with Gasteiger partial charge in [0.25, 0.3) is 0 Å². The Balaban J connectivity index is 0.887. The van der Waals surface area contributed by atoms with Crippen LogP contribution in [-0.2, 0) is 0 Å². The fourth-order valence-corrected chi connectivity index (χ4v) is 16.9. The lowest BCUT2D eigenvalue weighted by molar-refractivity contribution is 0.669. The molecule has 0 bridgehead atoms. The van der Waals surface area contributed by atoms with E-state index in [1.807, 2.05) is 6.07 Å². The molecule has 0 amide bonds. The minimum absolute atomic E-state index is 0.895. The lowest BCUT2D eigenvalue weighted by Gasteiger charge is -2.34. The summed E-state index contributed by atoms with van der Waals surface area (Å²) in [6.45, 7) is 0. The number of nitrogens with zero attached hydrogens (tertiary/aromatic N) is 3. The zero-order chi connectivity index (χ0) is 46.6. The Hall–Kier alpha value is -9.16. The zero-order valence-electron chi connectivity index (χ0n) is 38.6. The van der Waals surface area contributed by atoms with Gasteiger partial charge in [0.05, 0.1) is 33.1 Å². The van der Waals surface area contributed by atoms with Crippen LogP contribution in [0.15, 0.2) is 265 Å². The van der Waals surface area contributed by atoms with Crippen LogP contribution >= 0.6 is 0 Å². The minimum Gasteiger partial charge on any atom is -0.456 e. The molecule has 4 nitrogen and oxygen atoms in total. The van der Waals surface area contributed by atoms with E-state index in [0.29, 0.717) is 0 Å². The number of rotatable bonds is 7. The van der Waals surface area contributed by atoms with E-state index in [1.165, 1.54) is 75.1 Å². The van der Waals surface area contributed by atoms with Crippen molar-refractivity contribution in [2.75, 3.05) is 0 Å². The lowest BCUT2D eigenvalue weighted by Crippen LogP contribution is -2.74. The molecule has 15 aromatic rings. The van der Waals surface area contributed by atoms with Gasteiger partial charge in [-0.15, -0.1) is 0 Å². The highest BCUT2D eigenvalue weighted by molar-refractivity contribution is 7.19. The molecule has 0 unspecified atom stereocenters. The third kappa shape index (κ3) is 5.78. The first-order chi connectivity index (χ1) is 35.2. The molecule has 4 aromatic heterocycles. The molecule has 0 aliphatic rings. The highest BCUT2D eigenvalue weighted by Crippen LogP contribution is 2.41. The third-order valence-electron chi connectivity index (χ3n) is 15.2. The number of hydrogen-bond acceptors (Lipinski definition) is 1. The molecule has 0 atom stereocenters. The Labute approximate surface area is 410 Å². The summed E-state index contributed by atoms with van der Waals surface area (Å²) in [5.41, 5.74) is 12.2. The minimum atomic E-state index is -2.68. The molecule has 0 aliphatic carbocycles. The lowest BCUT2D eigenvalue weighted by atomic mass is 10.1. The molecule has 0 fully saturated rings. The normalized spacial score (nSPS) is 12.2. The van der Waals surface area contributed by atoms with Crippen molar-refractivity contribution in [3.05, 3.63) is 261 Å². The van der Waals surface area contributed by atoms with Crippen molar-refractivity contribution in [3.63, 3.8) is 0 Å². The van der Waals surface area contributed by atoms with Crippen LogP contribution in [-0.4, -0.2) is 21.8 Å². The monoisotopic (exact) mass is 921 g/mol. The molecule has 332 valence electrons. The summed E-state index contributed by atoms with van der Waals surface area (Å²) < 4.78 is 13.7. The van der Waals surface area contributed by atoms with Gasteiger partial charge >= 0.3 is 0 Å². The van der Waals surface area contributed by atoms with Crippen molar-refractivity contribution in [1.82, 2.24) is 13.7 Å². The predicted molar refractivity (Wildman–Crippen MR) is 300 cm³/mol. The molecule has 5 heteroatoms. The van der Waals surface area contributed by atoms with Crippen LogP contribution < -0.4 is 20.7 Å². The second-order valence-electron chi connectivity index (χ2n) is 18.8. The fraction of sp³-hybridized carbons (Fsp3) is 0. The molecule has 0 N–H and O–H groups in total. The molecule has 71 heavy (non-hydrogen) atoms. The van der Waals surface area contributed by atoms with Gasteiger partial charge in [0.15, 0.2) is 8.07 Å². The Morgan fingerprint density at radius 3 is 1.10 bits per heavy atom. The van der Waals surface area contributed by atoms with Crippen molar-refractivity contribution in [2.24, 2.45) is 0 Å². The maximum Gasteiger partial charge on any atom is 0.179 e. The molecule has 15 rings (SSSR count). The van der Waals surface area contributed by atoms with Crippen LogP contribution in [0.3, 0.4) is 0 Å². The van der Waals surface area contributed by atoms with Crippen molar-refractivity contribution < 1.29 is 4.42 Å². The van der Waals surface area contributed by atoms with E-state index in [-0.39, 0.29) is 0 Å². The van der Waals surface area contributed by atoms with Gasteiger partial charge in [-0.3, -0.25) is 0 Å². The first kappa shape index (κ1) is 39.8. The smallest absolute Gasteiger partial charge is 0.179 e. The molecular weight excluding hydrogens is 879 g/mol. The van der Waals surface area contributed by atoms with Gasteiger partial charge in [-0.05, 0) is 99.6 Å². The van der Waals surface area contributed by atoms with Crippen molar-refractivity contribution >= 4 is 116 Å². The predicted octanol–water partition coefficient (Wildman–Crippen LogP) is 14.3. The molecule has 4 heterocycles. The molecule has 11 aromatic carbocycles. The van der Waals surface area contributed by atoms with Crippen molar-refractivity contribution in [2.45, 2.75) is 0 Å². The quantitative estimate of drug-likeness (QED) is 0.116. The number of aromatic nitrogens is 3. The maximum absolute atomic E-state index is 6.46. The highest BCUT2D eigenvalue weighted by Gasteiger charge is 2.41. The van der Waals surface area contributed by atoms with Crippen LogP contribution in [0.4, 0.5) is 0 Å². The summed E-state index contributed by atoms with van der Waals surface area (Å²) in [5, 5.41) is 15.0. The first-order valence-corrected chi connectivity index (χ1v) is 26.4. The van der Waals surface area contributed by atoms with Gasteiger partial charge in [0.1, 0.15) is 11.2 Å². The van der Waals surface area contributed by atoms with Crippen molar-refractivity contribution in [3.8, 4) is 17.1 Å². The number of fused-ring (bicyclic) bond motifs is 12. The van der Waals surface area contributed by atoms with Gasteiger partial charge in [0.2, 0.25) is 0 Å². The van der Waals surface area contributed by atoms with Crippen LogP contribution in [0.1, 0.15) is 0 Å². The highest BCUT2D eigenvalue weighted by atomic mass is 28.3. The number of para-hydroxylation sites is 4. The van der Waals surface area contributed by atoms with E-state index in [4.69, 9.17) is 4.42 Å². The second-order valence-corrected chi connectivity index (χ2v) is 22.6. The summed E-state index contributed by atoms with van der Waals surface area (Å²) in [5.74, 6) is 0. The summed E-state index contributed by atoms with van der Waals surface area (Å²) in [6, 6.07) is 96.2. The van der Waals surface area contributed by atoms with Crippen LogP contribution in [0.25, 0.3) is 104 Å². The van der Waals surface area contributed by atoms with E-state index in [9.17, 15) is 0 Å². The Kier molecular flexibility index (Phi) is 8.64. The largest absolute Gasteiger partial charge is 0.456 e. The zero-order valence-corrected chi connectivity index (χ0v) is 39.6. The topological polar surface area (TPSA) is 27.9 Å². The molecule has 0 aliphatic heterocycles. The molecular formula is C66H43N3OSi. The van der Waals surface area contributed by atoms with E-state index >= 15 is 0 Å². The van der Waals surface area contributed by atoms with E-state index in [1.54, 1.807) is 0 Å². The third-order valence-corrected chi connectivity index (χ3v) is 20.0. The van der Waals surface area contributed by atoms with Crippen molar-refractivity contribution in [1.29, 1.82) is 0 Å². The van der Waals surface area contributed by atoms with E-state index in [2.05, 4.69) is 268 Å². The Bertz CT molecular complexity index is 4470. The summed E-state index contributed by atoms with van der Waals surface area (Å²) in [6.07, 6.45) is 0. The standard InChI is InChI=1S/C66H43N3OSi/c1-4-18-47(19-5-1)71(48-20-6-2-7-21-48,49-22-8-3-9-23-49)50-36-32-44(33-37-50)67-59-28-14-10-24-51(59)55-40-45(34-38-62(55)67)68-60-29-15-11-25-52(60)56-41-46(35-39-63(56)68)69-61-30-16-12-26-53(61)57-42-58-54-27-13-17-31-65(54)70-66(58)43-64(57)69/h1-43H. The van der Waals surface area contributed by atoms with Gasteiger partial charge in [-0.1, -0.05) is 176 Å². The average Bonchev–Trinajstić information content (AvgIpc) is 4.17. The SMILES string of the molecule is c1ccc([Si](c2ccccc2)(c2ccccc2)c2ccc(-n3c4ccccc4c4cc(-n5c6ccccc6c6cc(-n7c8ccccc8c8cc9c(cc87)oc7ccccc79)ccc65)ccc43)cc2)cc1. The molecule has 0 radical (unpaired) electrons. The van der Waals surface area contributed by atoms with Crippen LogP contribution in [0.2, 0.25) is 0 Å². The number of furan rings is 1.